The van der Waals surface area contributed by atoms with Gasteiger partial charge in [-0.2, -0.15) is 0 Å². The van der Waals surface area contributed by atoms with E-state index in [9.17, 15) is 4.79 Å². The van der Waals surface area contributed by atoms with Crippen molar-refractivity contribution in [3.05, 3.63) is 66.2 Å². The zero-order valence-electron chi connectivity index (χ0n) is 10.2. The largest absolute Gasteiger partial charge is 0.332 e. The van der Waals surface area contributed by atoms with Gasteiger partial charge in [0.15, 0.2) is 0 Å². The lowest BCUT2D eigenvalue weighted by molar-refractivity contribution is -0.124. The minimum Gasteiger partial charge on any atom is -0.332 e. The van der Waals surface area contributed by atoms with Crippen molar-refractivity contribution in [2.24, 2.45) is 0 Å². The Kier molecular flexibility index (Phi) is 5.95. The van der Waals surface area contributed by atoms with Gasteiger partial charge in [0.05, 0.1) is 0 Å². The zero-order chi connectivity index (χ0) is 13.4. The minimum absolute atomic E-state index is 0.0882. The number of hydrogen-bond donors (Lipinski definition) is 0. The highest BCUT2D eigenvalue weighted by atomic mass is 35.5. The predicted octanol–water partition coefficient (Wildman–Crippen LogP) is 3.55. The van der Waals surface area contributed by atoms with Gasteiger partial charge in [-0.05, 0) is 17.7 Å². The normalized spacial score (nSPS) is 10.3. The van der Waals surface area contributed by atoms with Crippen LogP contribution >= 0.6 is 11.6 Å². The molecule has 0 unspecified atom stereocenters. The van der Waals surface area contributed by atoms with Crippen LogP contribution in [0.5, 0.6) is 0 Å². The molecule has 2 nitrogen and oxygen atoms in total. The topological polar surface area (TPSA) is 20.3 Å². The molecule has 0 fully saturated rings. The molecule has 1 aromatic carbocycles. The Morgan fingerprint density at radius 3 is 2.39 bits per heavy atom. The lowest BCUT2D eigenvalue weighted by Crippen LogP contribution is -2.29. The summed E-state index contributed by atoms with van der Waals surface area (Å²) in [7, 11) is 0. The molecule has 0 heterocycles. The van der Waals surface area contributed by atoms with Crippen molar-refractivity contribution in [2.45, 2.75) is 0 Å². The first-order chi connectivity index (χ1) is 8.69. The average Bonchev–Trinajstić information content (AvgIpc) is 2.37. The van der Waals surface area contributed by atoms with Crippen molar-refractivity contribution < 1.29 is 4.79 Å². The van der Waals surface area contributed by atoms with Gasteiger partial charge in [-0.3, -0.25) is 4.79 Å². The number of halogens is 1. The van der Waals surface area contributed by atoms with Gasteiger partial charge in [0.25, 0.3) is 0 Å². The van der Waals surface area contributed by atoms with E-state index in [4.69, 9.17) is 11.6 Å². The summed E-state index contributed by atoms with van der Waals surface area (Å²) in [5, 5.41) is 0.626. The third-order valence-corrected chi connectivity index (χ3v) is 2.67. The molecule has 0 bridgehead atoms. The first kappa shape index (κ1) is 14.3. The number of rotatable bonds is 6. The molecule has 0 atom stereocenters. The summed E-state index contributed by atoms with van der Waals surface area (Å²) in [6.45, 7) is 8.24. The second kappa shape index (κ2) is 7.51. The van der Waals surface area contributed by atoms with Gasteiger partial charge in [-0.25, -0.2) is 0 Å². The van der Waals surface area contributed by atoms with Crippen LogP contribution < -0.4 is 0 Å². The Bertz CT molecular complexity index is 455. The Hall–Kier alpha value is -1.80. The summed E-state index contributed by atoms with van der Waals surface area (Å²) >= 11 is 6.00. The van der Waals surface area contributed by atoms with Crippen molar-refractivity contribution in [3.8, 4) is 0 Å². The van der Waals surface area contributed by atoms with E-state index in [2.05, 4.69) is 13.2 Å². The molecule has 0 aromatic heterocycles. The second-order valence-corrected chi connectivity index (χ2v) is 4.08. The van der Waals surface area contributed by atoms with E-state index in [0.29, 0.717) is 18.1 Å². The van der Waals surface area contributed by atoms with E-state index in [1.165, 1.54) is 6.08 Å². The van der Waals surface area contributed by atoms with Crippen LogP contribution in [0.4, 0.5) is 0 Å². The summed E-state index contributed by atoms with van der Waals surface area (Å²) < 4.78 is 0. The maximum atomic E-state index is 11.9. The lowest BCUT2D eigenvalue weighted by Gasteiger charge is -2.16. The van der Waals surface area contributed by atoms with Crippen molar-refractivity contribution in [3.63, 3.8) is 0 Å². The fraction of sp³-hybridized carbons (Fsp3) is 0.133. The number of hydrogen-bond acceptors (Lipinski definition) is 1. The molecule has 0 saturated heterocycles. The molecule has 0 aliphatic rings. The highest BCUT2D eigenvalue weighted by Gasteiger charge is 2.06. The maximum Gasteiger partial charge on any atom is 0.247 e. The molecule has 0 N–H and O–H groups in total. The first-order valence-electron chi connectivity index (χ1n) is 5.62. The number of carbonyl (C=O) groups excluding carboxylic acids is 1. The highest BCUT2D eigenvalue weighted by Crippen LogP contribution is 2.16. The van der Waals surface area contributed by atoms with Crippen molar-refractivity contribution in [2.75, 3.05) is 13.1 Å². The van der Waals surface area contributed by atoms with Crippen LogP contribution in [-0.2, 0) is 4.79 Å². The second-order valence-electron chi connectivity index (χ2n) is 3.68. The third-order valence-electron chi connectivity index (χ3n) is 2.32. The highest BCUT2D eigenvalue weighted by molar-refractivity contribution is 6.32. The fourth-order valence-electron chi connectivity index (χ4n) is 1.44. The molecule has 94 valence electrons. The summed E-state index contributed by atoms with van der Waals surface area (Å²) in [4.78, 5) is 13.5. The van der Waals surface area contributed by atoms with Crippen LogP contribution in [0, 0.1) is 0 Å². The van der Waals surface area contributed by atoms with Crippen molar-refractivity contribution >= 4 is 23.6 Å². The van der Waals surface area contributed by atoms with Crippen LogP contribution in [0.15, 0.2) is 55.7 Å². The van der Waals surface area contributed by atoms with Gasteiger partial charge >= 0.3 is 0 Å². The molecular weight excluding hydrogens is 246 g/mol. The minimum atomic E-state index is -0.0882. The van der Waals surface area contributed by atoms with Crippen molar-refractivity contribution in [1.82, 2.24) is 4.90 Å². The quantitative estimate of drug-likeness (QED) is 0.566. The number of amides is 1. The molecule has 0 spiro atoms. The van der Waals surface area contributed by atoms with Gasteiger partial charge in [0.2, 0.25) is 5.91 Å². The molecule has 1 aromatic rings. The van der Waals surface area contributed by atoms with Crippen LogP contribution in [-0.4, -0.2) is 23.9 Å². The summed E-state index contributed by atoms with van der Waals surface area (Å²) in [5.74, 6) is -0.0882. The van der Waals surface area contributed by atoms with Crippen LogP contribution in [0.3, 0.4) is 0 Å². The Labute approximate surface area is 113 Å². The summed E-state index contributed by atoms with van der Waals surface area (Å²) in [6.07, 6.45) is 6.59. The molecule has 0 aliphatic carbocycles. The number of nitrogens with zero attached hydrogens (tertiary/aromatic N) is 1. The predicted molar refractivity (Wildman–Crippen MR) is 77.5 cm³/mol. The lowest BCUT2D eigenvalue weighted by atomic mass is 10.2. The van der Waals surface area contributed by atoms with Gasteiger partial charge in [-0.1, -0.05) is 42.0 Å². The van der Waals surface area contributed by atoms with Gasteiger partial charge in [0.1, 0.15) is 0 Å². The molecule has 0 saturated carbocycles. The Balaban J connectivity index is 2.76. The molecule has 3 heteroatoms. The van der Waals surface area contributed by atoms with E-state index < -0.39 is 0 Å². The molecule has 0 aliphatic heterocycles. The molecular formula is C15H16ClNO. The summed E-state index contributed by atoms with van der Waals surface area (Å²) in [5.41, 5.74) is 0.824. The molecule has 0 radical (unpaired) electrons. The standard InChI is InChI=1S/C15H16ClNO/c1-3-11-17(12-4-2)15(18)10-9-13-7-5-6-8-14(13)16/h3-10H,1-2,11-12H2/b10-9+. The van der Waals surface area contributed by atoms with E-state index in [1.807, 2.05) is 18.2 Å². The van der Waals surface area contributed by atoms with Crippen LogP contribution in [0.25, 0.3) is 6.08 Å². The Morgan fingerprint density at radius 1 is 1.22 bits per heavy atom. The monoisotopic (exact) mass is 261 g/mol. The third kappa shape index (κ3) is 4.22. The number of benzene rings is 1. The number of carbonyl (C=O) groups is 1. The van der Waals surface area contributed by atoms with Gasteiger partial charge in [0, 0.05) is 24.2 Å². The zero-order valence-corrected chi connectivity index (χ0v) is 10.9. The van der Waals surface area contributed by atoms with E-state index in [1.54, 1.807) is 29.2 Å². The van der Waals surface area contributed by atoms with Gasteiger partial charge < -0.3 is 4.90 Å². The van der Waals surface area contributed by atoms with Crippen molar-refractivity contribution in [1.29, 1.82) is 0 Å². The van der Waals surface area contributed by atoms with E-state index >= 15 is 0 Å². The molecule has 1 amide bonds. The Morgan fingerprint density at radius 2 is 1.83 bits per heavy atom. The summed E-state index contributed by atoms with van der Waals surface area (Å²) in [6, 6.07) is 7.37. The average molecular weight is 262 g/mol. The SMILES string of the molecule is C=CCN(CC=C)C(=O)/C=C/c1ccccc1Cl. The van der Waals surface area contributed by atoms with Crippen LogP contribution in [0.2, 0.25) is 5.02 Å². The fourth-order valence-corrected chi connectivity index (χ4v) is 1.64. The van der Waals surface area contributed by atoms with E-state index in [0.717, 1.165) is 5.56 Å². The molecule has 1 rings (SSSR count). The maximum absolute atomic E-state index is 11.9. The first-order valence-corrected chi connectivity index (χ1v) is 6.00. The van der Waals surface area contributed by atoms with Gasteiger partial charge in [-0.15, -0.1) is 13.2 Å². The molecule has 18 heavy (non-hydrogen) atoms. The van der Waals surface area contributed by atoms with E-state index in [-0.39, 0.29) is 5.91 Å². The smallest absolute Gasteiger partial charge is 0.247 e. The van der Waals surface area contributed by atoms with Crippen LogP contribution in [0.1, 0.15) is 5.56 Å².